The summed E-state index contributed by atoms with van der Waals surface area (Å²) in [4.78, 5) is 0. The van der Waals surface area contributed by atoms with Crippen molar-refractivity contribution in [2.45, 2.75) is 0 Å². The number of oxime groups is 1. The van der Waals surface area contributed by atoms with Crippen molar-refractivity contribution in [2.24, 2.45) is 16.0 Å². The van der Waals surface area contributed by atoms with Gasteiger partial charge in [0.1, 0.15) is 5.82 Å². The van der Waals surface area contributed by atoms with Crippen LogP contribution in [0.25, 0.3) is 0 Å². The summed E-state index contributed by atoms with van der Waals surface area (Å²) in [6.45, 7) is 0. The Morgan fingerprint density at radius 1 is 1.50 bits per heavy atom. The molecule has 0 amide bonds. The van der Waals surface area contributed by atoms with E-state index in [-0.39, 0.29) is 11.3 Å². The number of anilines is 1. The Morgan fingerprint density at radius 3 is 2.62 bits per heavy atom. The van der Waals surface area contributed by atoms with Gasteiger partial charge < -0.3 is 10.9 Å². The molecule has 0 radical (unpaired) electrons. The fraction of sp³-hybridized carbons (Fsp3) is 0. The molecule has 0 saturated heterocycles. The minimum absolute atomic E-state index is 0.0841. The lowest BCUT2D eigenvalue weighted by Crippen LogP contribution is -2.24. The second-order valence-corrected chi connectivity index (χ2v) is 4.12. The van der Waals surface area contributed by atoms with Crippen molar-refractivity contribution in [1.29, 1.82) is 0 Å². The van der Waals surface area contributed by atoms with E-state index in [1.165, 1.54) is 0 Å². The first-order valence-corrected chi connectivity index (χ1v) is 5.46. The number of halogens is 1. The number of benzene rings is 1. The number of hydrogen-bond donors (Lipinski definition) is 4. The average molecular weight is 248 g/mol. The van der Waals surface area contributed by atoms with Crippen LogP contribution < -0.4 is 15.6 Å². The zero-order valence-corrected chi connectivity index (χ0v) is 8.70. The minimum atomic E-state index is -4.02. The molecule has 0 aliphatic rings. The molecule has 0 fully saturated rings. The van der Waals surface area contributed by atoms with Crippen LogP contribution in [0.2, 0.25) is 0 Å². The third-order valence-corrected chi connectivity index (χ3v) is 2.12. The number of nitrogens with one attached hydrogen (secondary N) is 1. The van der Waals surface area contributed by atoms with Gasteiger partial charge in [-0.3, -0.25) is 4.72 Å². The lowest BCUT2D eigenvalue weighted by Gasteiger charge is -2.08. The predicted molar refractivity (Wildman–Crippen MR) is 55.6 cm³/mol. The summed E-state index contributed by atoms with van der Waals surface area (Å²) >= 11 is 0. The Morgan fingerprint density at radius 2 is 2.12 bits per heavy atom. The highest BCUT2D eigenvalue weighted by Crippen LogP contribution is 2.17. The van der Waals surface area contributed by atoms with Gasteiger partial charge in [0, 0.05) is 5.56 Å². The molecule has 7 nitrogen and oxygen atoms in total. The molecule has 0 unspecified atom stereocenters. The molecular formula is C7H9FN4O3S. The van der Waals surface area contributed by atoms with E-state index in [4.69, 9.17) is 16.1 Å². The highest BCUT2D eigenvalue weighted by Gasteiger charge is 2.12. The van der Waals surface area contributed by atoms with Crippen LogP contribution in [0.15, 0.2) is 23.4 Å². The first-order chi connectivity index (χ1) is 7.33. The number of amidine groups is 1. The van der Waals surface area contributed by atoms with E-state index in [1.54, 1.807) is 0 Å². The van der Waals surface area contributed by atoms with E-state index >= 15 is 0 Å². The second kappa shape index (κ2) is 4.33. The smallest absolute Gasteiger partial charge is 0.296 e. The normalized spacial score (nSPS) is 12.5. The average Bonchev–Trinajstić information content (AvgIpc) is 2.17. The van der Waals surface area contributed by atoms with Gasteiger partial charge in [-0.25, -0.2) is 9.53 Å². The minimum Gasteiger partial charge on any atom is -0.409 e. The van der Waals surface area contributed by atoms with Crippen molar-refractivity contribution in [3.05, 3.63) is 29.6 Å². The largest absolute Gasteiger partial charge is 0.409 e. The molecule has 6 N–H and O–H groups in total. The monoisotopic (exact) mass is 248 g/mol. The summed E-state index contributed by atoms with van der Waals surface area (Å²) in [5.41, 5.74) is 5.04. The van der Waals surface area contributed by atoms with Crippen LogP contribution in [0.3, 0.4) is 0 Å². The number of hydrogen-bond acceptors (Lipinski definition) is 4. The first kappa shape index (κ1) is 12.2. The second-order valence-electron chi connectivity index (χ2n) is 2.82. The summed E-state index contributed by atoms with van der Waals surface area (Å²) in [6, 6.07) is 3.01. The zero-order chi connectivity index (χ0) is 12.3. The van der Waals surface area contributed by atoms with Crippen molar-refractivity contribution in [2.75, 3.05) is 4.72 Å². The molecule has 0 spiro atoms. The molecule has 88 valence electrons. The quantitative estimate of drug-likeness (QED) is 0.249. The van der Waals surface area contributed by atoms with E-state index in [2.05, 4.69) is 5.16 Å². The van der Waals surface area contributed by atoms with Crippen LogP contribution in [0.1, 0.15) is 5.56 Å². The maximum Gasteiger partial charge on any atom is 0.296 e. The summed E-state index contributed by atoms with van der Waals surface area (Å²) in [7, 11) is -4.02. The van der Waals surface area contributed by atoms with Crippen LogP contribution in [-0.2, 0) is 10.2 Å². The highest BCUT2D eigenvalue weighted by molar-refractivity contribution is 7.90. The molecule has 1 aromatic rings. The lowest BCUT2D eigenvalue weighted by atomic mass is 10.1. The van der Waals surface area contributed by atoms with Crippen molar-refractivity contribution in [1.82, 2.24) is 0 Å². The molecule has 0 saturated carbocycles. The van der Waals surface area contributed by atoms with Gasteiger partial charge in [0.2, 0.25) is 0 Å². The van der Waals surface area contributed by atoms with E-state index in [9.17, 15) is 12.8 Å². The standard InChI is InChI=1S/C7H9FN4O3S/c8-4-1-2-6(12-16(10,14)15)5(3-4)7(9)11-13/h1-3,12-13H,(H2,9,11)(H2,10,14,15). The van der Waals surface area contributed by atoms with E-state index in [0.29, 0.717) is 0 Å². The molecular weight excluding hydrogens is 239 g/mol. The van der Waals surface area contributed by atoms with Crippen LogP contribution in [0, 0.1) is 5.82 Å². The Balaban J connectivity index is 3.29. The van der Waals surface area contributed by atoms with Crippen LogP contribution in [0.4, 0.5) is 10.1 Å². The molecule has 0 aliphatic carbocycles. The topological polar surface area (TPSA) is 131 Å². The first-order valence-electron chi connectivity index (χ1n) is 3.91. The van der Waals surface area contributed by atoms with Crippen molar-refractivity contribution in [3.63, 3.8) is 0 Å². The number of rotatable bonds is 3. The van der Waals surface area contributed by atoms with Crippen LogP contribution in [-0.4, -0.2) is 19.5 Å². The highest BCUT2D eigenvalue weighted by atomic mass is 32.2. The van der Waals surface area contributed by atoms with Gasteiger partial charge in [-0.1, -0.05) is 5.16 Å². The summed E-state index contributed by atoms with van der Waals surface area (Å²) in [5.74, 6) is -1.10. The Labute approximate surface area is 90.7 Å². The molecule has 9 heteroatoms. The summed E-state index contributed by atoms with van der Waals surface area (Å²) in [5, 5.41) is 15.8. The molecule has 0 bridgehead atoms. The van der Waals surface area contributed by atoms with Gasteiger partial charge in [0.05, 0.1) is 5.69 Å². The van der Waals surface area contributed by atoms with Gasteiger partial charge in [-0.15, -0.1) is 0 Å². The molecule has 0 heterocycles. The van der Waals surface area contributed by atoms with Crippen molar-refractivity contribution in [3.8, 4) is 0 Å². The maximum absolute atomic E-state index is 12.9. The van der Waals surface area contributed by atoms with Crippen LogP contribution >= 0.6 is 0 Å². The molecule has 1 aromatic carbocycles. The van der Waals surface area contributed by atoms with E-state index in [1.807, 2.05) is 4.72 Å². The number of nitrogens with zero attached hydrogens (tertiary/aromatic N) is 1. The van der Waals surface area contributed by atoms with Gasteiger partial charge in [0.15, 0.2) is 5.84 Å². The SMILES string of the molecule is N/C(=N/O)c1cc(F)ccc1NS(N)(=O)=O. The molecule has 1 rings (SSSR count). The molecule has 0 aliphatic heterocycles. The molecule has 0 atom stereocenters. The molecule has 16 heavy (non-hydrogen) atoms. The van der Waals surface area contributed by atoms with Gasteiger partial charge in [-0.2, -0.15) is 8.42 Å². The fourth-order valence-electron chi connectivity index (χ4n) is 1.02. The van der Waals surface area contributed by atoms with Crippen molar-refractivity contribution >= 4 is 21.7 Å². The van der Waals surface area contributed by atoms with E-state index in [0.717, 1.165) is 18.2 Å². The number of nitrogens with two attached hydrogens (primary N) is 2. The Hall–Kier alpha value is -1.87. The van der Waals surface area contributed by atoms with E-state index < -0.39 is 21.9 Å². The predicted octanol–water partition coefficient (Wildman–Crippen LogP) is -0.464. The fourth-order valence-corrected chi connectivity index (χ4v) is 1.51. The van der Waals surface area contributed by atoms with Gasteiger partial charge in [0.25, 0.3) is 10.2 Å². The summed E-state index contributed by atoms with van der Waals surface area (Å²) in [6.07, 6.45) is 0. The van der Waals surface area contributed by atoms with Crippen molar-refractivity contribution < 1.29 is 18.0 Å². The Bertz CT molecular complexity index is 528. The van der Waals surface area contributed by atoms with Gasteiger partial charge in [-0.05, 0) is 18.2 Å². The Kier molecular flexibility index (Phi) is 3.30. The summed E-state index contributed by atoms with van der Waals surface area (Å²) < 4.78 is 36.3. The zero-order valence-electron chi connectivity index (χ0n) is 7.88. The molecule has 0 aromatic heterocycles. The van der Waals surface area contributed by atoms with Gasteiger partial charge >= 0.3 is 0 Å². The maximum atomic E-state index is 12.9. The third-order valence-electron chi connectivity index (χ3n) is 1.62. The van der Waals surface area contributed by atoms with Crippen LogP contribution in [0.5, 0.6) is 0 Å². The lowest BCUT2D eigenvalue weighted by molar-refractivity contribution is 0.318. The third kappa shape index (κ3) is 3.07.